The zero-order valence-corrected chi connectivity index (χ0v) is 21.9. The van der Waals surface area contributed by atoms with E-state index < -0.39 is 46.5 Å². The third-order valence-corrected chi connectivity index (χ3v) is 7.41. The first-order valence-electron chi connectivity index (χ1n) is 13.0. The molecule has 0 heterocycles. The zero-order valence-electron chi connectivity index (χ0n) is 21.1. The highest BCUT2D eigenvalue weighted by atomic mass is 35.5. The minimum atomic E-state index is -5.25. The number of aliphatic hydroxyl groups excluding tert-OH is 1. The summed E-state index contributed by atoms with van der Waals surface area (Å²) in [5.74, 6) is -4.66. The molecule has 1 unspecified atom stereocenters. The molecule has 0 radical (unpaired) electrons. The molecule has 216 valence electrons. The molecule has 0 saturated heterocycles. The number of halogens is 7. The van der Waals surface area contributed by atoms with Crippen molar-refractivity contribution < 1.29 is 41.0 Å². The van der Waals surface area contributed by atoms with Gasteiger partial charge in [0.25, 0.3) is 0 Å². The van der Waals surface area contributed by atoms with E-state index in [1.165, 1.54) is 25.0 Å². The van der Waals surface area contributed by atoms with Crippen LogP contribution in [0.3, 0.4) is 0 Å². The quantitative estimate of drug-likeness (QED) is 0.253. The molecule has 2 amide bonds. The lowest BCUT2D eigenvalue weighted by atomic mass is 9.72. The Morgan fingerprint density at radius 1 is 0.684 bits per heavy atom. The van der Waals surface area contributed by atoms with Gasteiger partial charge in [-0.2, -0.15) is 26.3 Å². The molecule has 0 aromatic heterocycles. The van der Waals surface area contributed by atoms with E-state index in [2.05, 4.69) is 0 Å². The Labute approximate surface area is 223 Å². The Bertz CT molecular complexity index is 859. The molecule has 1 aromatic rings. The number of hydrogen-bond acceptors (Lipinski definition) is 3. The highest BCUT2D eigenvalue weighted by Gasteiger charge is 2.42. The third kappa shape index (κ3) is 9.94. The normalized spacial score (nSPS) is 19.5. The lowest BCUT2D eigenvalue weighted by Gasteiger charge is -2.37. The minimum absolute atomic E-state index is 0.141. The standard InChI is InChI=1S/C26H35ClF6N2O3/c27-21(36)24(13-11-9-7-5-3-1-2-4-6-8-10-12-14-24)18-15-19(34-22(37)25(28,29)30)17-20(16-18)35-23(38)26(31,32)33/h15-17,21,36H,1-14H2,(H,34,37)(H,35,38). The van der Waals surface area contributed by atoms with Crippen LogP contribution in [0.2, 0.25) is 0 Å². The number of rotatable bonds is 4. The second-order valence-corrected chi connectivity index (χ2v) is 10.4. The number of anilines is 2. The average molecular weight is 573 g/mol. The van der Waals surface area contributed by atoms with Gasteiger partial charge in [0, 0.05) is 16.8 Å². The summed E-state index contributed by atoms with van der Waals surface area (Å²) in [6.07, 6.45) is 1.57. The Morgan fingerprint density at radius 2 is 1.00 bits per heavy atom. The minimum Gasteiger partial charge on any atom is -0.377 e. The van der Waals surface area contributed by atoms with Crippen molar-refractivity contribution in [1.82, 2.24) is 0 Å². The highest BCUT2D eigenvalue weighted by Crippen LogP contribution is 2.43. The van der Waals surface area contributed by atoms with Crippen LogP contribution < -0.4 is 10.6 Å². The molecule has 0 aliphatic heterocycles. The number of benzene rings is 1. The first kappa shape index (κ1) is 32.2. The van der Waals surface area contributed by atoms with Crippen LogP contribution in [0.15, 0.2) is 18.2 Å². The fourth-order valence-electron chi connectivity index (χ4n) is 4.90. The SMILES string of the molecule is O=C(Nc1cc(NC(=O)C(F)(F)F)cc(C2(C(O)Cl)CCCCCCCCCCCCCC2)c1)C(F)(F)F. The Kier molecular flexibility index (Phi) is 12.2. The van der Waals surface area contributed by atoms with Gasteiger partial charge >= 0.3 is 24.2 Å². The molecule has 5 nitrogen and oxygen atoms in total. The van der Waals surface area contributed by atoms with Crippen LogP contribution in [0, 0.1) is 0 Å². The van der Waals surface area contributed by atoms with Crippen LogP contribution in [0.5, 0.6) is 0 Å². The van der Waals surface area contributed by atoms with Crippen molar-refractivity contribution in [2.45, 2.75) is 113 Å². The zero-order chi connectivity index (χ0) is 28.4. The van der Waals surface area contributed by atoms with E-state index >= 15 is 0 Å². The molecule has 1 fully saturated rings. The molecular formula is C26H35ClF6N2O3. The largest absolute Gasteiger partial charge is 0.471 e. The van der Waals surface area contributed by atoms with Crippen LogP contribution in [-0.4, -0.2) is 34.8 Å². The van der Waals surface area contributed by atoms with Crippen LogP contribution in [0.25, 0.3) is 0 Å². The molecular weight excluding hydrogens is 538 g/mol. The van der Waals surface area contributed by atoms with E-state index in [0.717, 1.165) is 57.4 Å². The van der Waals surface area contributed by atoms with E-state index in [4.69, 9.17) is 11.6 Å². The summed E-state index contributed by atoms with van der Waals surface area (Å²) in [4.78, 5) is 23.2. The fourth-order valence-corrected chi connectivity index (χ4v) is 5.25. The van der Waals surface area contributed by atoms with Gasteiger partial charge in [0.2, 0.25) is 0 Å². The Balaban J connectivity index is 2.50. The van der Waals surface area contributed by atoms with Crippen molar-refractivity contribution in [3.05, 3.63) is 23.8 Å². The topological polar surface area (TPSA) is 78.4 Å². The molecule has 1 aromatic carbocycles. The Morgan fingerprint density at radius 3 is 1.29 bits per heavy atom. The van der Waals surface area contributed by atoms with E-state index in [9.17, 15) is 41.0 Å². The van der Waals surface area contributed by atoms with Crippen LogP contribution in [0.1, 0.15) is 95.5 Å². The molecule has 1 aliphatic carbocycles. The molecule has 2 rings (SSSR count). The second kappa shape index (κ2) is 14.4. The van der Waals surface area contributed by atoms with Gasteiger partial charge in [-0.05, 0) is 36.6 Å². The summed E-state index contributed by atoms with van der Waals surface area (Å²) >= 11 is 6.31. The highest BCUT2D eigenvalue weighted by molar-refractivity contribution is 6.20. The van der Waals surface area contributed by atoms with Crippen molar-refractivity contribution in [3.8, 4) is 0 Å². The van der Waals surface area contributed by atoms with Gasteiger partial charge in [0.15, 0.2) is 0 Å². The van der Waals surface area contributed by atoms with Crippen molar-refractivity contribution >= 4 is 34.8 Å². The number of carbonyl (C=O) groups excluding carboxylic acids is 2. The lowest BCUT2D eigenvalue weighted by Crippen LogP contribution is -2.37. The van der Waals surface area contributed by atoms with Crippen molar-refractivity contribution in [2.24, 2.45) is 0 Å². The van der Waals surface area contributed by atoms with Gasteiger partial charge in [-0.25, -0.2) is 0 Å². The number of aliphatic hydroxyl groups is 1. The van der Waals surface area contributed by atoms with Gasteiger partial charge in [-0.15, -0.1) is 0 Å². The van der Waals surface area contributed by atoms with Crippen molar-refractivity contribution in [2.75, 3.05) is 10.6 Å². The smallest absolute Gasteiger partial charge is 0.377 e. The summed E-state index contributed by atoms with van der Waals surface area (Å²) in [6, 6.07) is 3.15. The Hall–Kier alpha value is -2.01. The van der Waals surface area contributed by atoms with E-state index in [-0.39, 0.29) is 5.56 Å². The molecule has 3 N–H and O–H groups in total. The fraction of sp³-hybridized carbons (Fsp3) is 0.692. The maximum Gasteiger partial charge on any atom is 0.471 e. The summed E-state index contributed by atoms with van der Waals surface area (Å²) in [5, 5.41) is 14.0. The third-order valence-electron chi connectivity index (χ3n) is 6.99. The number of alkyl halides is 7. The molecule has 12 heteroatoms. The molecule has 38 heavy (non-hydrogen) atoms. The summed E-state index contributed by atoms with van der Waals surface area (Å²) in [6.45, 7) is 0. The average Bonchev–Trinajstić information content (AvgIpc) is 2.82. The van der Waals surface area contributed by atoms with E-state index in [1.54, 1.807) is 10.6 Å². The van der Waals surface area contributed by atoms with Crippen LogP contribution in [-0.2, 0) is 15.0 Å². The van der Waals surface area contributed by atoms with Gasteiger partial charge in [0.05, 0.1) is 0 Å². The molecule has 1 atom stereocenters. The molecule has 1 saturated carbocycles. The van der Waals surface area contributed by atoms with Crippen LogP contribution >= 0.6 is 11.6 Å². The van der Waals surface area contributed by atoms with Gasteiger partial charge in [0.1, 0.15) is 5.56 Å². The summed E-state index contributed by atoms with van der Waals surface area (Å²) < 4.78 is 77.5. The van der Waals surface area contributed by atoms with Gasteiger partial charge < -0.3 is 15.7 Å². The van der Waals surface area contributed by atoms with Crippen LogP contribution in [0.4, 0.5) is 37.7 Å². The first-order chi connectivity index (χ1) is 17.8. The second-order valence-electron chi connectivity index (χ2n) is 9.94. The maximum absolute atomic E-state index is 12.9. The van der Waals surface area contributed by atoms with Crippen molar-refractivity contribution in [3.63, 3.8) is 0 Å². The molecule has 1 aliphatic rings. The summed E-state index contributed by atoms with van der Waals surface area (Å²) in [7, 11) is 0. The number of hydrogen-bond donors (Lipinski definition) is 3. The predicted octanol–water partition coefficient (Wildman–Crippen LogP) is 7.96. The number of amides is 2. The summed E-state index contributed by atoms with van der Waals surface area (Å²) in [5.41, 5.74) is -3.55. The first-order valence-corrected chi connectivity index (χ1v) is 13.4. The number of carbonyl (C=O) groups is 2. The van der Waals surface area contributed by atoms with Gasteiger partial charge in [-0.3, -0.25) is 9.59 Å². The molecule has 0 spiro atoms. The van der Waals surface area contributed by atoms with E-state index in [0.29, 0.717) is 25.7 Å². The van der Waals surface area contributed by atoms with Crippen molar-refractivity contribution in [1.29, 1.82) is 0 Å². The lowest BCUT2D eigenvalue weighted by molar-refractivity contribution is -0.167. The maximum atomic E-state index is 12.9. The predicted molar refractivity (Wildman–Crippen MR) is 134 cm³/mol. The van der Waals surface area contributed by atoms with E-state index in [1.807, 2.05) is 0 Å². The van der Waals surface area contributed by atoms with Gasteiger partial charge in [-0.1, -0.05) is 88.7 Å². The number of nitrogens with one attached hydrogen (secondary N) is 2. The monoisotopic (exact) mass is 572 g/mol. The molecule has 0 bridgehead atoms.